The van der Waals surface area contributed by atoms with E-state index in [9.17, 15) is 19.2 Å². The van der Waals surface area contributed by atoms with Gasteiger partial charge in [-0.3, -0.25) is 14.4 Å². The first kappa shape index (κ1) is 26.2. The van der Waals surface area contributed by atoms with Crippen LogP contribution in [-0.4, -0.2) is 54.9 Å². The SMILES string of the molecule is COC(=O)[C@H](C[C@@H]1CCCC1=O)NC(=O)[C@H](CC(C)(C)C)NC(=O)c1cc2c(OC)cccc2[nH]1. The summed E-state index contributed by atoms with van der Waals surface area (Å²) in [5, 5.41) is 6.29. The highest BCUT2D eigenvalue weighted by molar-refractivity contribution is 6.01. The van der Waals surface area contributed by atoms with Crippen LogP contribution in [0.25, 0.3) is 10.9 Å². The van der Waals surface area contributed by atoms with Gasteiger partial charge >= 0.3 is 5.97 Å². The van der Waals surface area contributed by atoms with Crippen LogP contribution in [0.4, 0.5) is 0 Å². The van der Waals surface area contributed by atoms with Crippen molar-refractivity contribution in [3.8, 4) is 5.75 Å². The van der Waals surface area contributed by atoms with Crippen LogP contribution in [-0.2, 0) is 19.1 Å². The van der Waals surface area contributed by atoms with Crippen LogP contribution in [0, 0.1) is 11.3 Å². The molecule has 9 nitrogen and oxygen atoms in total. The van der Waals surface area contributed by atoms with Crippen LogP contribution in [0.15, 0.2) is 24.3 Å². The number of hydrogen-bond donors (Lipinski definition) is 3. The van der Waals surface area contributed by atoms with E-state index in [1.165, 1.54) is 7.11 Å². The first-order chi connectivity index (χ1) is 16.5. The van der Waals surface area contributed by atoms with E-state index in [0.29, 0.717) is 25.0 Å². The van der Waals surface area contributed by atoms with E-state index in [0.717, 1.165) is 17.3 Å². The summed E-state index contributed by atoms with van der Waals surface area (Å²) in [6, 6.07) is 5.27. The number of methoxy groups -OCH3 is 2. The second-order valence-corrected chi connectivity index (χ2v) is 10.3. The van der Waals surface area contributed by atoms with Gasteiger partial charge in [-0.15, -0.1) is 0 Å². The number of carbonyl (C=O) groups is 4. The minimum absolute atomic E-state index is 0.0990. The van der Waals surface area contributed by atoms with Crippen LogP contribution in [0.1, 0.15) is 63.4 Å². The van der Waals surface area contributed by atoms with Crippen molar-refractivity contribution >= 4 is 34.5 Å². The average Bonchev–Trinajstić information content (AvgIpc) is 3.42. The predicted octanol–water partition coefficient (Wildman–Crippen LogP) is 3.13. The summed E-state index contributed by atoms with van der Waals surface area (Å²) < 4.78 is 10.2. The molecule has 2 amide bonds. The fraction of sp³-hybridized carbons (Fsp3) is 0.538. The molecule has 0 bridgehead atoms. The van der Waals surface area contributed by atoms with Crippen molar-refractivity contribution in [1.82, 2.24) is 15.6 Å². The molecular formula is C26H35N3O6. The number of benzene rings is 1. The minimum Gasteiger partial charge on any atom is -0.496 e. The third kappa shape index (κ3) is 6.61. The zero-order valence-corrected chi connectivity index (χ0v) is 21.0. The summed E-state index contributed by atoms with van der Waals surface area (Å²) in [6.45, 7) is 5.88. The lowest BCUT2D eigenvalue weighted by molar-refractivity contribution is -0.146. The van der Waals surface area contributed by atoms with E-state index in [1.807, 2.05) is 32.9 Å². The van der Waals surface area contributed by atoms with E-state index < -0.39 is 29.9 Å². The molecule has 0 spiro atoms. The molecule has 0 aliphatic heterocycles. The van der Waals surface area contributed by atoms with Crippen LogP contribution in [0.5, 0.6) is 5.75 Å². The molecule has 1 aliphatic carbocycles. The monoisotopic (exact) mass is 485 g/mol. The van der Waals surface area contributed by atoms with Gasteiger partial charge in [-0.25, -0.2) is 4.79 Å². The Morgan fingerprint density at radius 2 is 1.89 bits per heavy atom. The highest BCUT2D eigenvalue weighted by Gasteiger charge is 2.34. The van der Waals surface area contributed by atoms with Gasteiger partial charge in [0.15, 0.2) is 0 Å². The normalized spacial score (nSPS) is 17.6. The van der Waals surface area contributed by atoms with E-state index in [-0.39, 0.29) is 29.2 Å². The average molecular weight is 486 g/mol. The second kappa shape index (κ2) is 10.9. The Bertz CT molecular complexity index is 1100. The summed E-state index contributed by atoms with van der Waals surface area (Å²) in [5.74, 6) is -1.11. The van der Waals surface area contributed by atoms with E-state index in [2.05, 4.69) is 15.6 Å². The largest absolute Gasteiger partial charge is 0.496 e. The van der Waals surface area contributed by atoms with Crippen LogP contribution < -0.4 is 15.4 Å². The molecule has 9 heteroatoms. The number of rotatable bonds is 9. The van der Waals surface area contributed by atoms with E-state index in [4.69, 9.17) is 9.47 Å². The van der Waals surface area contributed by atoms with E-state index >= 15 is 0 Å². The minimum atomic E-state index is -0.962. The number of esters is 1. The maximum Gasteiger partial charge on any atom is 0.328 e. The van der Waals surface area contributed by atoms with Gasteiger partial charge in [0, 0.05) is 23.2 Å². The molecule has 1 saturated carbocycles. The van der Waals surface area contributed by atoms with Crippen molar-refractivity contribution in [2.24, 2.45) is 11.3 Å². The summed E-state index contributed by atoms with van der Waals surface area (Å²) in [5.41, 5.74) is 0.733. The summed E-state index contributed by atoms with van der Waals surface area (Å²) in [4.78, 5) is 54.0. The molecule has 3 N–H and O–H groups in total. The maximum absolute atomic E-state index is 13.3. The molecule has 35 heavy (non-hydrogen) atoms. The number of Topliss-reactive ketones (excluding diaryl/α,β-unsaturated/α-hetero) is 1. The molecule has 0 unspecified atom stereocenters. The number of amides is 2. The molecule has 1 aliphatic rings. The molecule has 1 aromatic carbocycles. The van der Waals surface area contributed by atoms with E-state index in [1.54, 1.807) is 19.2 Å². The Balaban J connectivity index is 1.79. The molecule has 3 atom stereocenters. The van der Waals surface area contributed by atoms with Crippen molar-refractivity contribution in [3.63, 3.8) is 0 Å². The second-order valence-electron chi connectivity index (χ2n) is 10.3. The lowest BCUT2D eigenvalue weighted by Crippen LogP contribution is -2.53. The van der Waals surface area contributed by atoms with Crippen LogP contribution >= 0.6 is 0 Å². The van der Waals surface area contributed by atoms with Gasteiger partial charge in [0.2, 0.25) is 5.91 Å². The molecule has 2 aromatic rings. The van der Waals surface area contributed by atoms with Crippen molar-refractivity contribution in [2.45, 2.75) is 65.0 Å². The van der Waals surface area contributed by atoms with Gasteiger partial charge in [-0.1, -0.05) is 26.8 Å². The third-order valence-corrected chi connectivity index (χ3v) is 6.28. The first-order valence-electron chi connectivity index (χ1n) is 11.9. The highest BCUT2D eigenvalue weighted by Crippen LogP contribution is 2.28. The summed E-state index contributed by atoms with van der Waals surface area (Å²) >= 11 is 0. The Morgan fingerprint density at radius 3 is 2.49 bits per heavy atom. The van der Waals surface area contributed by atoms with Crippen molar-refractivity contribution in [1.29, 1.82) is 0 Å². The number of ketones is 1. The van der Waals surface area contributed by atoms with Crippen LogP contribution in [0.3, 0.4) is 0 Å². The number of aromatic amines is 1. The number of hydrogen-bond acceptors (Lipinski definition) is 6. The molecular weight excluding hydrogens is 450 g/mol. The predicted molar refractivity (Wildman–Crippen MR) is 131 cm³/mol. The fourth-order valence-corrected chi connectivity index (χ4v) is 4.54. The lowest BCUT2D eigenvalue weighted by atomic mass is 9.87. The molecule has 190 valence electrons. The number of fused-ring (bicyclic) bond motifs is 1. The molecule has 0 saturated heterocycles. The Hall–Kier alpha value is -3.36. The molecule has 3 rings (SSSR count). The zero-order valence-electron chi connectivity index (χ0n) is 21.0. The van der Waals surface area contributed by atoms with Gasteiger partial charge in [-0.05, 0) is 49.3 Å². The molecule has 1 heterocycles. The van der Waals surface area contributed by atoms with Crippen molar-refractivity contribution in [3.05, 3.63) is 30.0 Å². The summed E-state index contributed by atoms with van der Waals surface area (Å²) in [7, 11) is 2.80. The van der Waals surface area contributed by atoms with Gasteiger partial charge < -0.3 is 25.1 Å². The number of carbonyl (C=O) groups excluding carboxylic acids is 4. The summed E-state index contributed by atoms with van der Waals surface area (Å²) in [6.07, 6.45) is 2.49. The molecule has 1 fully saturated rings. The highest BCUT2D eigenvalue weighted by atomic mass is 16.5. The van der Waals surface area contributed by atoms with Crippen LogP contribution in [0.2, 0.25) is 0 Å². The third-order valence-electron chi connectivity index (χ3n) is 6.28. The first-order valence-corrected chi connectivity index (χ1v) is 11.9. The van der Waals surface area contributed by atoms with Crippen molar-refractivity contribution in [2.75, 3.05) is 14.2 Å². The molecule has 0 radical (unpaired) electrons. The van der Waals surface area contributed by atoms with Gasteiger partial charge in [0.1, 0.15) is 29.3 Å². The van der Waals surface area contributed by atoms with Gasteiger partial charge in [-0.2, -0.15) is 0 Å². The van der Waals surface area contributed by atoms with Crippen molar-refractivity contribution < 1.29 is 28.7 Å². The van der Waals surface area contributed by atoms with Gasteiger partial charge in [0.05, 0.1) is 14.2 Å². The molecule has 1 aromatic heterocycles. The number of H-pyrrole nitrogens is 1. The number of aromatic nitrogens is 1. The topological polar surface area (TPSA) is 127 Å². The Kier molecular flexibility index (Phi) is 8.19. The lowest BCUT2D eigenvalue weighted by Gasteiger charge is -2.28. The number of ether oxygens (including phenoxy) is 2. The van der Waals surface area contributed by atoms with Gasteiger partial charge in [0.25, 0.3) is 5.91 Å². The Labute approximate surface area is 205 Å². The maximum atomic E-state index is 13.3. The standard InChI is InChI=1S/C26H35N3O6/c1-26(2,3)14-20(24(32)28-19(25(33)35-5)12-15-8-6-10-21(15)30)29-23(31)18-13-16-17(27-18)9-7-11-22(16)34-4/h7,9,11,13,15,19-20,27H,6,8,10,12,14H2,1-5H3,(H,28,32)(H,29,31)/t15-,19-,20-/m0/s1. The Morgan fingerprint density at radius 1 is 1.14 bits per heavy atom. The quantitative estimate of drug-likeness (QED) is 0.469. The smallest absolute Gasteiger partial charge is 0.328 e. The zero-order chi connectivity index (χ0) is 25.8. The fourth-order valence-electron chi connectivity index (χ4n) is 4.54. The number of nitrogens with one attached hydrogen (secondary N) is 3.